The molecule has 4 N–H and O–H groups in total. The Bertz CT molecular complexity index is 606. The van der Waals surface area contributed by atoms with Crippen molar-refractivity contribution in [2.24, 2.45) is 11.8 Å². The average Bonchev–Trinajstić information content (AvgIpc) is 3.43. The van der Waals surface area contributed by atoms with Gasteiger partial charge in [0, 0.05) is 12.0 Å². The van der Waals surface area contributed by atoms with Crippen LogP contribution in [0.4, 0.5) is 4.79 Å². The average molecular weight is 455 g/mol. The van der Waals surface area contributed by atoms with E-state index in [-0.39, 0.29) is 23.8 Å². The lowest BCUT2D eigenvalue weighted by atomic mass is 9.82. The summed E-state index contributed by atoms with van der Waals surface area (Å²) in [5.41, 5.74) is -0.925. The van der Waals surface area contributed by atoms with E-state index in [4.69, 9.17) is 4.74 Å². The summed E-state index contributed by atoms with van der Waals surface area (Å²) in [6.45, 7) is 9.50. The Morgan fingerprint density at radius 2 is 1.72 bits per heavy atom. The van der Waals surface area contributed by atoms with Crippen LogP contribution in [0, 0.1) is 11.8 Å². The lowest BCUT2D eigenvalue weighted by Crippen LogP contribution is -2.50. The molecule has 0 bridgehead atoms. The van der Waals surface area contributed by atoms with E-state index in [0.29, 0.717) is 25.2 Å². The third-order valence-electron chi connectivity index (χ3n) is 6.63. The van der Waals surface area contributed by atoms with Crippen molar-refractivity contribution in [2.45, 2.75) is 135 Å². The minimum Gasteiger partial charge on any atom is -0.444 e. The molecule has 2 aliphatic rings. The number of ether oxygens (including phenoxy) is 1. The molecule has 0 aromatic heterocycles. The number of aliphatic hydroxyl groups excluding tert-OH is 2. The predicted octanol–water partition coefficient (Wildman–Crippen LogP) is 4.05. The van der Waals surface area contributed by atoms with Crippen molar-refractivity contribution < 1.29 is 24.5 Å². The van der Waals surface area contributed by atoms with Gasteiger partial charge in [0.05, 0.1) is 12.1 Å². The fourth-order valence-electron chi connectivity index (χ4n) is 4.70. The molecule has 0 unspecified atom stereocenters. The maximum absolute atomic E-state index is 12.8. The molecule has 0 aromatic carbocycles. The van der Waals surface area contributed by atoms with Gasteiger partial charge >= 0.3 is 6.09 Å². The molecule has 2 rings (SSSR count). The summed E-state index contributed by atoms with van der Waals surface area (Å²) in [6.07, 6.45) is 7.25. The highest BCUT2D eigenvalue weighted by Gasteiger charge is 2.45. The molecule has 0 heterocycles. The molecule has 32 heavy (non-hydrogen) atoms. The van der Waals surface area contributed by atoms with Crippen LogP contribution in [0.3, 0.4) is 0 Å². The van der Waals surface area contributed by atoms with Crippen LogP contribution in [0.1, 0.15) is 105 Å². The van der Waals surface area contributed by atoms with E-state index in [1.165, 1.54) is 19.3 Å². The highest BCUT2D eigenvalue weighted by atomic mass is 16.6. The maximum atomic E-state index is 12.8. The molecule has 0 radical (unpaired) electrons. The van der Waals surface area contributed by atoms with Gasteiger partial charge in [-0.25, -0.2) is 4.79 Å². The number of carbonyl (C=O) groups excluding carboxylic acids is 2. The number of hydrogen-bond acceptors (Lipinski definition) is 5. The Labute approximate surface area is 194 Å². The first-order chi connectivity index (χ1) is 14.9. The van der Waals surface area contributed by atoms with E-state index in [1.807, 2.05) is 34.6 Å². The predicted molar refractivity (Wildman–Crippen MR) is 125 cm³/mol. The SMILES string of the molecule is CC(C)C[C@H](O)[C@H](O)[C@@H](CC1CCCCC1)NC(=O)CCC1(NC(=O)OC(C)(C)C)CC1. The standard InChI is InChI=1S/C25H46N2O5/c1-17(2)15-20(28)22(30)19(16-18-9-7-6-8-10-18)26-21(29)11-12-25(13-14-25)27-23(31)32-24(3,4)5/h17-20,22,28,30H,6-16H2,1-5H3,(H,26,29)(H,27,31)/t19-,20+,22-/m1/s1. The Morgan fingerprint density at radius 3 is 2.25 bits per heavy atom. The molecule has 2 aliphatic carbocycles. The van der Waals surface area contributed by atoms with Crippen molar-refractivity contribution >= 4 is 12.0 Å². The van der Waals surface area contributed by atoms with E-state index in [9.17, 15) is 19.8 Å². The lowest BCUT2D eigenvalue weighted by Gasteiger charge is -2.33. The van der Waals surface area contributed by atoms with Crippen molar-refractivity contribution in [1.82, 2.24) is 10.6 Å². The summed E-state index contributed by atoms with van der Waals surface area (Å²) in [4.78, 5) is 24.9. The van der Waals surface area contributed by atoms with Crippen LogP contribution in [-0.4, -0.2) is 51.6 Å². The van der Waals surface area contributed by atoms with Crippen molar-refractivity contribution in [1.29, 1.82) is 0 Å². The van der Waals surface area contributed by atoms with Crippen LogP contribution in [-0.2, 0) is 9.53 Å². The van der Waals surface area contributed by atoms with Gasteiger partial charge in [-0.3, -0.25) is 4.79 Å². The largest absolute Gasteiger partial charge is 0.444 e. The van der Waals surface area contributed by atoms with Crippen LogP contribution < -0.4 is 10.6 Å². The van der Waals surface area contributed by atoms with E-state index < -0.39 is 29.9 Å². The molecule has 0 aliphatic heterocycles. The summed E-state index contributed by atoms with van der Waals surface area (Å²) < 4.78 is 5.35. The van der Waals surface area contributed by atoms with Gasteiger partial charge in [-0.2, -0.15) is 0 Å². The first-order valence-corrected chi connectivity index (χ1v) is 12.6. The maximum Gasteiger partial charge on any atom is 0.408 e. The van der Waals surface area contributed by atoms with E-state index in [0.717, 1.165) is 25.7 Å². The summed E-state index contributed by atoms with van der Waals surface area (Å²) in [5.74, 6) is 0.594. The molecule has 2 saturated carbocycles. The minimum absolute atomic E-state index is 0.140. The normalized spacial score (nSPS) is 21.5. The van der Waals surface area contributed by atoms with Gasteiger partial charge in [-0.15, -0.1) is 0 Å². The van der Waals surface area contributed by atoms with E-state index >= 15 is 0 Å². The summed E-state index contributed by atoms with van der Waals surface area (Å²) in [6, 6.07) is -0.451. The molecule has 2 amide bonds. The topological polar surface area (TPSA) is 108 Å². The molecule has 0 aromatic rings. The molecule has 2 fully saturated rings. The van der Waals surface area contributed by atoms with Crippen LogP contribution in [0.5, 0.6) is 0 Å². The number of hydrogen-bond donors (Lipinski definition) is 4. The van der Waals surface area contributed by atoms with E-state index in [1.54, 1.807) is 0 Å². The molecule has 7 heteroatoms. The molecule has 7 nitrogen and oxygen atoms in total. The van der Waals surface area contributed by atoms with Crippen molar-refractivity contribution in [2.75, 3.05) is 0 Å². The van der Waals surface area contributed by atoms with Crippen LogP contribution in [0.15, 0.2) is 0 Å². The zero-order valence-electron chi connectivity index (χ0n) is 20.8. The lowest BCUT2D eigenvalue weighted by molar-refractivity contribution is -0.124. The van der Waals surface area contributed by atoms with Gasteiger partial charge in [0.1, 0.15) is 11.7 Å². The van der Waals surface area contributed by atoms with Gasteiger partial charge in [0.15, 0.2) is 0 Å². The van der Waals surface area contributed by atoms with Gasteiger partial charge in [-0.1, -0.05) is 46.0 Å². The number of amides is 2. The number of nitrogens with one attached hydrogen (secondary N) is 2. The fraction of sp³-hybridized carbons (Fsp3) is 0.920. The van der Waals surface area contributed by atoms with Crippen LogP contribution >= 0.6 is 0 Å². The van der Waals surface area contributed by atoms with E-state index in [2.05, 4.69) is 10.6 Å². The zero-order chi connectivity index (χ0) is 23.9. The van der Waals surface area contributed by atoms with Gasteiger partial charge in [0.25, 0.3) is 0 Å². The van der Waals surface area contributed by atoms with Crippen molar-refractivity contribution in [3.8, 4) is 0 Å². The molecule has 0 saturated heterocycles. The third kappa shape index (κ3) is 9.65. The van der Waals surface area contributed by atoms with Gasteiger partial charge < -0.3 is 25.6 Å². The molecule has 186 valence electrons. The fourth-order valence-corrected chi connectivity index (χ4v) is 4.70. The monoisotopic (exact) mass is 454 g/mol. The Hall–Kier alpha value is -1.34. The highest BCUT2D eigenvalue weighted by Crippen LogP contribution is 2.40. The number of aliphatic hydroxyl groups is 2. The Morgan fingerprint density at radius 1 is 1.09 bits per heavy atom. The van der Waals surface area contributed by atoms with Gasteiger partial charge in [0.2, 0.25) is 5.91 Å². The molecular weight excluding hydrogens is 408 g/mol. The Kier molecular flexibility index (Phi) is 9.83. The minimum atomic E-state index is -0.974. The highest BCUT2D eigenvalue weighted by molar-refractivity contribution is 5.77. The number of alkyl carbamates (subject to hydrolysis) is 1. The first-order valence-electron chi connectivity index (χ1n) is 12.6. The second-order valence-corrected chi connectivity index (χ2v) is 11.5. The number of carbonyl (C=O) groups is 2. The third-order valence-corrected chi connectivity index (χ3v) is 6.63. The molecule has 3 atom stereocenters. The summed E-state index contributed by atoms with van der Waals surface area (Å²) >= 11 is 0. The summed E-state index contributed by atoms with van der Waals surface area (Å²) in [7, 11) is 0. The van der Waals surface area contributed by atoms with Crippen molar-refractivity contribution in [3.05, 3.63) is 0 Å². The Balaban J connectivity index is 1.90. The zero-order valence-corrected chi connectivity index (χ0v) is 20.8. The van der Waals surface area contributed by atoms with Crippen molar-refractivity contribution in [3.63, 3.8) is 0 Å². The van der Waals surface area contributed by atoms with Crippen LogP contribution in [0.2, 0.25) is 0 Å². The molecule has 0 spiro atoms. The first kappa shape index (κ1) is 26.9. The summed E-state index contributed by atoms with van der Waals surface area (Å²) in [5, 5.41) is 27.3. The molecular formula is C25H46N2O5. The smallest absolute Gasteiger partial charge is 0.408 e. The van der Waals surface area contributed by atoms with Gasteiger partial charge in [-0.05, 0) is 64.7 Å². The number of rotatable bonds is 11. The second-order valence-electron chi connectivity index (χ2n) is 11.5. The second kappa shape index (κ2) is 11.7. The quantitative estimate of drug-likeness (QED) is 0.377. The van der Waals surface area contributed by atoms with Crippen LogP contribution in [0.25, 0.3) is 0 Å².